The lowest BCUT2D eigenvalue weighted by Gasteiger charge is -2.13. The van der Waals surface area contributed by atoms with Crippen LogP contribution in [-0.2, 0) is 14.8 Å². The van der Waals surface area contributed by atoms with Crippen molar-refractivity contribution < 1.29 is 23.4 Å². The number of hydrogen-bond donors (Lipinski definition) is 3. The van der Waals surface area contributed by atoms with E-state index in [-0.39, 0.29) is 14.9 Å². The van der Waals surface area contributed by atoms with Gasteiger partial charge in [-0.25, -0.2) is 8.42 Å². The highest BCUT2D eigenvalue weighted by molar-refractivity contribution is 7.89. The van der Waals surface area contributed by atoms with Gasteiger partial charge in [0.25, 0.3) is 0 Å². The standard InChI is InChI=1S/C9H9Cl2NO5S/c10-5-2-1-3-7(8(5)11)18(16,17)12-6(4-13)9(14)15/h1-3,6,12-13H,4H2,(H,14,15). The number of carbonyl (C=O) groups is 1. The van der Waals surface area contributed by atoms with Gasteiger partial charge in [0.05, 0.1) is 16.7 Å². The van der Waals surface area contributed by atoms with E-state index < -0.39 is 28.6 Å². The van der Waals surface area contributed by atoms with Crippen LogP contribution in [0.25, 0.3) is 0 Å². The van der Waals surface area contributed by atoms with Crippen molar-refractivity contribution >= 4 is 39.2 Å². The van der Waals surface area contributed by atoms with Crippen LogP contribution in [0, 0.1) is 0 Å². The van der Waals surface area contributed by atoms with E-state index in [4.69, 9.17) is 33.4 Å². The van der Waals surface area contributed by atoms with Gasteiger partial charge in [-0.2, -0.15) is 4.72 Å². The Bertz CT molecular complexity index is 560. The number of aliphatic hydroxyl groups excluding tert-OH is 1. The van der Waals surface area contributed by atoms with E-state index in [1.165, 1.54) is 18.2 Å². The van der Waals surface area contributed by atoms with Crippen molar-refractivity contribution in [3.8, 4) is 0 Å². The SMILES string of the molecule is O=C(O)C(CO)NS(=O)(=O)c1cccc(Cl)c1Cl. The topological polar surface area (TPSA) is 104 Å². The van der Waals surface area contributed by atoms with Gasteiger partial charge in [-0.3, -0.25) is 4.79 Å². The number of rotatable bonds is 5. The highest BCUT2D eigenvalue weighted by Gasteiger charge is 2.26. The summed E-state index contributed by atoms with van der Waals surface area (Å²) in [6.45, 7) is -0.882. The second kappa shape index (κ2) is 5.85. The Morgan fingerprint density at radius 3 is 2.50 bits per heavy atom. The maximum Gasteiger partial charge on any atom is 0.324 e. The van der Waals surface area contributed by atoms with Crippen molar-refractivity contribution in [3.05, 3.63) is 28.2 Å². The first kappa shape index (κ1) is 15.2. The number of hydrogen-bond acceptors (Lipinski definition) is 4. The summed E-state index contributed by atoms with van der Waals surface area (Å²) in [7, 11) is -4.18. The Kier molecular flexibility index (Phi) is 4.94. The van der Waals surface area contributed by atoms with Crippen LogP contribution >= 0.6 is 23.2 Å². The molecule has 0 saturated heterocycles. The fourth-order valence-electron chi connectivity index (χ4n) is 1.11. The molecule has 3 N–H and O–H groups in total. The maximum atomic E-state index is 11.9. The first-order valence-corrected chi connectivity index (χ1v) is 6.83. The molecule has 1 atom stereocenters. The third-order valence-electron chi connectivity index (χ3n) is 1.98. The van der Waals surface area contributed by atoms with Gasteiger partial charge in [-0.1, -0.05) is 29.3 Å². The minimum absolute atomic E-state index is 0.0235. The van der Waals surface area contributed by atoms with Gasteiger partial charge in [-0.15, -0.1) is 0 Å². The van der Waals surface area contributed by atoms with E-state index in [0.29, 0.717) is 0 Å². The third kappa shape index (κ3) is 3.33. The number of aliphatic hydroxyl groups is 1. The second-order valence-corrected chi connectivity index (χ2v) is 5.71. The summed E-state index contributed by atoms with van der Waals surface area (Å²) >= 11 is 11.4. The Hall–Kier alpha value is -0.860. The average molecular weight is 314 g/mol. The lowest BCUT2D eigenvalue weighted by molar-refractivity contribution is -0.139. The normalized spacial score (nSPS) is 13.3. The summed E-state index contributed by atoms with van der Waals surface area (Å²) in [4.78, 5) is 10.3. The van der Waals surface area contributed by atoms with Crippen molar-refractivity contribution in [3.63, 3.8) is 0 Å². The minimum atomic E-state index is -4.18. The van der Waals surface area contributed by atoms with Gasteiger partial charge >= 0.3 is 5.97 Å². The molecule has 0 spiro atoms. The Balaban J connectivity index is 3.14. The van der Waals surface area contributed by atoms with Crippen LogP contribution in [-0.4, -0.2) is 37.2 Å². The molecule has 9 heteroatoms. The van der Waals surface area contributed by atoms with Gasteiger partial charge in [0.15, 0.2) is 0 Å². The third-order valence-corrected chi connectivity index (χ3v) is 4.43. The van der Waals surface area contributed by atoms with Crippen LogP contribution in [0.5, 0.6) is 0 Å². The Morgan fingerprint density at radius 2 is 2.00 bits per heavy atom. The molecule has 0 amide bonds. The van der Waals surface area contributed by atoms with E-state index in [9.17, 15) is 13.2 Å². The zero-order chi connectivity index (χ0) is 13.9. The Labute approximate surface area is 113 Å². The summed E-state index contributed by atoms with van der Waals surface area (Å²) in [6, 6.07) is 2.28. The number of carboxylic acids is 1. The molecule has 100 valence electrons. The van der Waals surface area contributed by atoms with Gasteiger partial charge < -0.3 is 10.2 Å². The molecule has 18 heavy (non-hydrogen) atoms. The highest BCUT2D eigenvalue weighted by Crippen LogP contribution is 2.28. The number of halogens is 2. The lowest BCUT2D eigenvalue weighted by atomic mass is 10.3. The molecule has 1 aromatic rings. The molecule has 0 fully saturated rings. The van der Waals surface area contributed by atoms with E-state index >= 15 is 0 Å². The molecule has 0 aliphatic carbocycles. The maximum absolute atomic E-state index is 11.9. The first-order chi connectivity index (χ1) is 8.29. The summed E-state index contributed by atoms with van der Waals surface area (Å²) < 4.78 is 25.5. The molecule has 1 aromatic carbocycles. The summed E-state index contributed by atoms with van der Waals surface area (Å²) in [6.07, 6.45) is 0. The van der Waals surface area contributed by atoms with E-state index in [1.807, 2.05) is 0 Å². The van der Waals surface area contributed by atoms with E-state index in [0.717, 1.165) is 0 Å². The molecular weight excluding hydrogens is 305 g/mol. The number of sulfonamides is 1. The molecule has 0 aliphatic rings. The summed E-state index contributed by atoms with van der Waals surface area (Å²) in [5.74, 6) is -1.50. The second-order valence-electron chi connectivity index (χ2n) is 3.25. The molecule has 0 radical (unpaired) electrons. The molecule has 6 nitrogen and oxygen atoms in total. The molecule has 1 unspecified atom stereocenters. The number of benzene rings is 1. The zero-order valence-corrected chi connectivity index (χ0v) is 11.1. The van der Waals surface area contributed by atoms with Gasteiger partial charge in [0, 0.05) is 0 Å². The van der Waals surface area contributed by atoms with Crippen molar-refractivity contribution in [2.24, 2.45) is 0 Å². The monoisotopic (exact) mass is 313 g/mol. The zero-order valence-electron chi connectivity index (χ0n) is 8.80. The molecular formula is C9H9Cl2NO5S. The summed E-state index contributed by atoms with van der Waals surface area (Å²) in [5, 5.41) is 17.2. The minimum Gasteiger partial charge on any atom is -0.480 e. The number of aliphatic carboxylic acids is 1. The van der Waals surface area contributed by atoms with Crippen LogP contribution in [0.2, 0.25) is 10.0 Å². The van der Waals surface area contributed by atoms with Crippen LogP contribution < -0.4 is 4.72 Å². The molecule has 1 rings (SSSR count). The van der Waals surface area contributed by atoms with E-state index in [1.54, 1.807) is 4.72 Å². The van der Waals surface area contributed by atoms with Crippen molar-refractivity contribution in [1.29, 1.82) is 0 Å². The molecule has 0 heterocycles. The molecule has 0 saturated carbocycles. The van der Waals surface area contributed by atoms with Crippen molar-refractivity contribution in [2.75, 3.05) is 6.61 Å². The van der Waals surface area contributed by atoms with Crippen LogP contribution in [0.3, 0.4) is 0 Å². The highest BCUT2D eigenvalue weighted by atomic mass is 35.5. The fraction of sp³-hybridized carbons (Fsp3) is 0.222. The van der Waals surface area contributed by atoms with Crippen LogP contribution in [0.15, 0.2) is 23.1 Å². The number of nitrogens with one attached hydrogen (secondary N) is 1. The largest absolute Gasteiger partial charge is 0.480 e. The predicted molar refractivity (Wildman–Crippen MR) is 65.3 cm³/mol. The quantitative estimate of drug-likeness (QED) is 0.743. The van der Waals surface area contributed by atoms with Crippen LogP contribution in [0.4, 0.5) is 0 Å². The van der Waals surface area contributed by atoms with Crippen molar-refractivity contribution in [1.82, 2.24) is 4.72 Å². The Morgan fingerprint density at radius 1 is 1.39 bits per heavy atom. The summed E-state index contributed by atoms with van der Waals surface area (Å²) in [5.41, 5.74) is 0. The van der Waals surface area contributed by atoms with Crippen molar-refractivity contribution in [2.45, 2.75) is 10.9 Å². The first-order valence-electron chi connectivity index (χ1n) is 4.59. The van der Waals surface area contributed by atoms with Gasteiger partial charge in [-0.05, 0) is 12.1 Å². The van der Waals surface area contributed by atoms with Crippen LogP contribution in [0.1, 0.15) is 0 Å². The van der Waals surface area contributed by atoms with Gasteiger partial charge in [0.2, 0.25) is 10.0 Å². The average Bonchev–Trinajstić information content (AvgIpc) is 2.29. The molecule has 0 bridgehead atoms. The fourth-order valence-corrected chi connectivity index (χ4v) is 3.05. The van der Waals surface area contributed by atoms with E-state index in [2.05, 4.69) is 0 Å². The van der Waals surface area contributed by atoms with Gasteiger partial charge in [0.1, 0.15) is 10.9 Å². The molecule has 0 aromatic heterocycles. The lowest BCUT2D eigenvalue weighted by Crippen LogP contribution is -2.43. The molecule has 0 aliphatic heterocycles. The smallest absolute Gasteiger partial charge is 0.324 e. The number of carboxylic acid groups (broad SMARTS) is 1. The predicted octanol–water partition coefficient (Wildman–Crippen LogP) is 0.717.